The fraction of sp³-hybridized carbons (Fsp3) is 1.00. The summed E-state index contributed by atoms with van der Waals surface area (Å²) in [5, 5.41) is 21.9. The van der Waals surface area contributed by atoms with Gasteiger partial charge in [0.1, 0.15) is 0 Å². The lowest BCUT2D eigenvalue weighted by Crippen LogP contribution is -2.66. The van der Waals surface area contributed by atoms with E-state index in [-0.39, 0.29) is 6.10 Å². The van der Waals surface area contributed by atoms with Crippen molar-refractivity contribution in [1.82, 2.24) is 16.0 Å². The van der Waals surface area contributed by atoms with Crippen molar-refractivity contribution >= 4 is 12.6 Å². The Morgan fingerprint density at radius 2 is 1.71 bits per heavy atom. The summed E-state index contributed by atoms with van der Waals surface area (Å²) in [6.07, 6.45) is 7.60. The van der Waals surface area contributed by atoms with Gasteiger partial charge in [-0.1, -0.05) is 6.92 Å². The number of nitrogens with one attached hydrogen (secondary N) is 3. The van der Waals surface area contributed by atoms with Gasteiger partial charge < -0.3 is 10.4 Å². The molecule has 4 N–H and O–H groups in total. The molecule has 140 valence electrons. The van der Waals surface area contributed by atoms with Crippen molar-refractivity contribution in [2.45, 2.75) is 88.9 Å². The first-order valence-electron chi connectivity index (χ1n) is 10.1. The van der Waals surface area contributed by atoms with E-state index >= 15 is 0 Å². The molecule has 1 saturated heterocycles. The molecule has 3 rings (SSSR count). The van der Waals surface area contributed by atoms with Crippen LogP contribution in [-0.4, -0.2) is 41.4 Å². The maximum absolute atomic E-state index is 10.3. The van der Waals surface area contributed by atoms with E-state index in [4.69, 9.17) is 12.6 Å². The fourth-order valence-electron chi connectivity index (χ4n) is 5.44. The highest BCUT2D eigenvalue weighted by molar-refractivity contribution is 7.81. The summed E-state index contributed by atoms with van der Waals surface area (Å²) in [6, 6.07) is 1.08. The maximum atomic E-state index is 10.3. The molecule has 2 aliphatic carbocycles. The molecule has 0 aromatic carbocycles. The summed E-state index contributed by atoms with van der Waals surface area (Å²) < 4.78 is 0. The zero-order valence-corrected chi connectivity index (χ0v) is 16.4. The van der Waals surface area contributed by atoms with Crippen LogP contribution in [0.15, 0.2) is 0 Å². The van der Waals surface area contributed by atoms with Crippen molar-refractivity contribution in [2.75, 3.05) is 6.67 Å². The van der Waals surface area contributed by atoms with Crippen molar-refractivity contribution in [3.05, 3.63) is 0 Å². The van der Waals surface area contributed by atoms with E-state index in [2.05, 4.69) is 29.8 Å². The lowest BCUT2D eigenvalue weighted by atomic mass is 9.75. The smallest absolute Gasteiger partial charge is 0.0630 e. The Bertz CT molecular complexity index is 400. The van der Waals surface area contributed by atoms with Crippen LogP contribution in [0.2, 0.25) is 0 Å². The predicted molar refractivity (Wildman–Crippen MR) is 103 cm³/mol. The third-order valence-electron chi connectivity index (χ3n) is 6.94. The van der Waals surface area contributed by atoms with Crippen LogP contribution in [0.1, 0.15) is 59.3 Å². The molecule has 0 bridgehead atoms. The molecule has 7 atom stereocenters. The molecule has 3 aliphatic rings. The second kappa shape index (κ2) is 8.26. The monoisotopic (exact) mass is 355 g/mol. The summed E-state index contributed by atoms with van der Waals surface area (Å²) in [7, 11) is 0. The Morgan fingerprint density at radius 1 is 1.00 bits per heavy atom. The third kappa shape index (κ3) is 4.12. The molecule has 0 aromatic rings. The SMILES string of the molecule is CC(O)C1CCC(S)C1C1C(C)NCNC1N[C@H]1CC[C@H](C)CC1. The van der Waals surface area contributed by atoms with Gasteiger partial charge in [-0.2, -0.15) is 12.6 Å². The molecule has 2 saturated carbocycles. The van der Waals surface area contributed by atoms with Crippen molar-refractivity contribution < 1.29 is 5.11 Å². The van der Waals surface area contributed by atoms with Gasteiger partial charge in [0.15, 0.2) is 0 Å². The topological polar surface area (TPSA) is 56.3 Å². The second-order valence-electron chi connectivity index (χ2n) is 8.68. The van der Waals surface area contributed by atoms with Crippen LogP contribution in [0.3, 0.4) is 0 Å². The number of thiol groups is 1. The number of rotatable bonds is 4. The van der Waals surface area contributed by atoms with Crippen LogP contribution < -0.4 is 16.0 Å². The van der Waals surface area contributed by atoms with Gasteiger partial charge >= 0.3 is 0 Å². The average Bonchev–Trinajstić information content (AvgIpc) is 2.92. The molecular weight excluding hydrogens is 318 g/mol. The largest absolute Gasteiger partial charge is 0.393 e. The van der Waals surface area contributed by atoms with Gasteiger partial charge in [-0.25, -0.2) is 0 Å². The highest BCUT2D eigenvalue weighted by atomic mass is 32.1. The quantitative estimate of drug-likeness (QED) is 0.503. The molecule has 4 nitrogen and oxygen atoms in total. The summed E-state index contributed by atoms with van der Waals surface area (Å²) in [6.45, 7) is 7.51. The van der Waals surface area contributed by atoms with E-state index in [1.54, 1.807) is 0 Å². The average molecular weight is 356 g/mol. The Morgan fingerprint density at radius 3 is 2.38 bits per heavy atom. The predicted octanol–water partition coefficient (Wildman–Crippen LogP) is 2.34. The molecular formula is C19H37N3OS. The molecule has 0 radical (unpaired) electrons. The van der Waals surface area contributed by atoms with E-state index < -0.39 is 0 Å². The Hall–Kier alpha value is 0.190. The third-order valence-corrected chi connectivity index (χ3v) is 7.54. The minimum Gasteiger partial charge on any atom is -0.393 e. The molecule has 7 unspecified atom stereocenters. The van der Waals surface area contributed by atoms with Crippen LogP contribution in [0.5, 0.6) is 0 Å². The highest BCUT2D eigenvalue weighted by Crippen LogP contribution is 2.44. The number of hydrogen-bond acceptors (Lipinski definition) is 5. The van der Waals surface area contributed by atoms with Gasteiger partial charge in [0.05, 0.1) is 12.3 Å². The van der Waals surface area contributed by atoms with Crippen LogP contribution in [0.25, 0.3) is 0 Å². The van der Waals surface area contributed by atoms with E-state index in [9.17, 15) is 5.11 Å². The van der Waals surface area contributed by atoms with Crippen LogP contribution in [0, 0.1) is 23.7 Å². The van der Waals surface area contributed by atoms with Gasteiger partial charge in [0, 0.05) is 29.9 Å². The molecule has 0 spiro atoms. The molecule has 0 aromatic heterocycles. The minimum absolute atomic E-state index is 0.238. The van der Waals surface area contributed by atoms with E-state index in [1.807, 2.05) is 6.92 Å². The van der Waals surface area contributed by atoms with E-state index in [0.717, 1.165) is 25.4 Å². The van der Waals surface area contributed by atoms with Gasteiger partial charge in [0.2, 0.25) is 0 Å². The van der Waals surface area contributed by atoms with Gasteiger partial charge in [-0.05, 0) is 70.1 Å². The molecule has 1 aliphatic heterocycles. The second-order valence-corrected chi connectivity index (χ2v) is 9.34. The standard InChI is InChI=1S/C19H37N3OS/c1-11-4-6-14(7-5-11)22-19-17(12(2)20-10-21-19)18-15(13(3)23)8-9-16(18)24/h11-24H,4-10H2,1-3H3/t11-,12?,13?,14-,15?,16?,17?,18?,19?. The van der Waals surface area contributed by atoms with Gasteiger partial charge in [-0.15, -0.1) is 0 Å². The van der Waals surface area contributed by atoms with Crippen LogP contribution >= 0.6 is 12.6 Å². The van der Waals surface area contributed by atoms with Crippen molar-refractivity contribution in [3.63, 3.8) is 0 Å². The Labute approximate surface area is 153 Å². The summed E-state index contributed by atoms with van der Waals surface area (Å²) in [5.41, 5.74) is 0. The summed E-state index contributed by atoms with van der Waals surface area (Å²) >= 11 is 4.92. The first-order chi connectivity index (χ1) is 11.5. The van der Waals surface area contributed by atoms with Crippen molar-refractivity contribution in [3.8, 4) is 0 Å². The van der Waals surface area contributed by atoms with Crippen molar-refractivity contribution in [2.24, 2.45) is 23.7 Å². The Kier molecular flexibility index (Phi) is 6.52. The fourth-order valence-corrected chi connectivity index (χ4v) is 6.00. The lowest BCUT2D eigenvalue weighted by molar-refractivity contribution is 0.0401. The van der Waals surface area contributed by atoms with E-state index in [1.165, 1.54) is 25.7 Å². The van der Waals surface area contributed by atoms with Crippen molar-refractivity contribution in [1.29, 1.82) is 0 Å². The minimum atomic E-state index is -0.238. The first-order valence-corrected chi connectivity index (χ1v) is 10.6. The zero-order valence-electron chi connectivity index (χ0n) is 15.5. The molecule has 0 amide bonds. The van der Waals surface area contributed by atoms with E-state index in [0.29, 0.717) is 41.3 Å². The van der Waals surface area contributed by atoms with Crippen LogP contribution in [-0.2, 0) is 0 Å². The molecule has 1 heterocycles. The maximum Gasteiger partial charge on any atom is 0.0630 e. The first kappa shape index (κ1) is 19.0. The molecule has 5 heteroatoms. The van der Waals surface area contributed by atoms with Gasteiger partial charge in [-0.3, -0.25) is 10.6 Å². The molecule has 24 heavy (non-hydrogen) atoms. The van der Waals surface area contributed by atoms with Gasteiger partial charge in [0.25, 0.3) is 0 Å². The summed E-state index contributed by atoms with van der Waals surface area (Å²) in [5.74, 6) is 2.19. The molecule has 3 fully saturated rings. The number of hydrogen-bond donors (Lipinski definition) is 5. The normalized spacial score (nSPS) is 48.4. The highest BCUT2D eigenvalue weighted by Gasteiger charge is 2.47. The van der Waals surface area contributed by atoms with Crippen LogP contribution in [0.4, 0.5) is 0 Å². The summed E-state index contributed by atoms with van der Waals surface area (Å²) in [4.78, 5) is 0. The lowest BCUT2D eigenvalue weighted by Gasteiger charge is -2.47. The zero-order chi connectivity index (χ0) is 17.3. The number of aliphatic hydroxyl groups is 1. The number of aliphatic hydroxyl groups excluding tert-OH is 1. The Balaban J connectivity index is 1.71.